The van der Waals surface area contributed by atoms with Gasteiger partial charge in [-0.1, -0.05) is 309 Å². The van der Waals surface area contributed by atoms with Crippen LogP contribution in [0.2, 0.25) is 0 Å². The van der Waals surface area contributed by atoms with Gasteiger partial charge in [-0.25, -0.2) is 59.8 Å². The number of fused-ring (bicyclic) bond motifs is 6. The van der Waals surface area contributed by atoms with Gasteiger partial charge in [0.15, 0.2) is 58.2 Å². The van der Waals surface area contributed by atoms with Gasteiger partial charge in [-0.15, -0.1) is 0 Å². The maximum atomic E-state index is 11.4. The zero-order valence-corrected chi connectivity index (χ0v) is 59.8. The maximum Gasteiger partial charge on any atom is 0.164 e. The number of pyridine rings is 1. The third-order valence-corrected chi connectivity index (χ3v) is 20.2. The van der Waals surface area contributed by atoms with E-state index in [4.69, 9.17) is 59.8 Å². The molecule has 20 aromatic rings. The topological polar surface area (TPSA) is 188 Å². The number of hydrogen-bond donors (Lipinski definition) is 0. The van der Waals surface area contributed by atoms with E-state index in [1.165, 1.54) is 0 Å². The summed E-state index contributed by atoms with van der Waals surface area (Å²) in [7, 11) is 0. The first-order chi connectivity index (χ1) is 55.4. The minimum atomic E-state index is 0.460. The molecule has 0 saturated heterocycles. The van der Waals surface area contributed by atoms with Crippen LogP contribution in [0.25, 0.3) is 203 Å². The molecule has 522 valence electrons. The summed E-state index contributed by atoms with van der Waals surface area (Å²) in [6.45, 7) is 0. The van der Waals surface area contributed by atoms with Crippen molar-refractivity contribution >= 4 is 43.6 Å². The average molecular weight is 1430 g/mol. The second-order valence-corrected chi connectivity index (χ2v) is 27.1. The van der Waals surface area contributed by atoms with Crippen LogP contribution in [0.1, 0.15) is 5.56 Å². The second-order valence-electron chi connectivity index (χ2n) is 27.1. The molecule has 0 amide bonds. The summed E-state index contributed by atoms with van der Waals surface area (Å²) in [6, 6.07) is 120. The Labute approximate surface area is 642 Å². The Bertz CT molecular complexity index is 6440. The normalized spacial score (nSPS) is 11.4. The fourth-order valence-corrected chi connectivity index (χ4v) is 14.8. The highest BCUT2D eigenvalue weighted by molar-refractivity contribution is 6.13. The van der Waals surface area contributed by atoms with Crippen LogP contribution in [-0.2, 0) is 0 Å². The molecular weight excluding hydrogens is 1380 g/mol. The van der Waals surface area contributed by atoms with Gasteiger partial charge in [0.05, 0.1) is 57.0 Å². The minimum Gasteiger partial charge on any atom is -0.307 e. The summed E-state index contributed by atoms with van der Waals surface area (Å²) in [5, 5.41) is 15.2. The molecule has 7 aromatic heterocycles. The van der Waals surface area contributed by atoms with Crippen LogP contribution in [-0.4, -0.2) is 68.9 Å². The highest BCUT2D eigenvalue weighted by Gasteiger charge is 2.26. The first-order valence-electron chi connectivity index (χ1n) is 36.7. The lowest BCUT2D eigenvalue weighted by Crippen LogP contribution is -2.05. The van der Waals surface area contributed by atoms with Gasteiger partial charge in [-0.05, 0) is 42.5 Å². The standard InChI is InChI=1S/C97H59N15/c98-59-73-43-25-26-44-74(73)79-57-87(112-84-55-71(96-107-91(65-35-17-5-18-36-65)103-92(108-96)66-37-19-6-20-38-66)47-51-77(84)78-52-48-72(56-85(78)112)97-109-93(67-39-21-7-22-40-67)104-94(110-97)68-41-23-8-24-42-68)99-60-86(79)111-82-53-69(81-58-80(61-27-9-1-10-28-61)100-88(101-81)62-29-11-2-12-30-62)45-49-75(82)76-50-46-70(54-83(76)111)95-105-89(63-31-13-3-14-32-63)102-90(106-95)64-33-15-4-16-34-64/h1-58,60H. The molecule has 15 nitrogen and oxygen atoms in total. The molecule has 0 aliphatic carbocycles. The van der Waals surface area contributed by atoms with Crippen molar-refractivity contribution in [3.8, 4) is 165 Å². The average Bonchev–Trinajstić information content (AvgIpc) is 1.57. The molecule has 7 heterocycles. The van der Waals surface area contributed by atoms with Crippen molar-refractivity contribution in [3.05, 3.63) is 364 Å². The van der Waals surface area contributed by atoms with Crippen LogP contribution >= 0.6 is 0 Å². The van der Waals surface area contributed by atoms with Crippen LogP contribution in [0.3, 0.4) is 0 Å². The Kier molecular flexibility index (Phi) is 16.5. The highest BCUT2D eigenvalue weighted by atomic mass is 15.1. The predicted octanol–water partition coefficient (Wildman–Crippen LogP) is 22.2. The molecule has 0 aliphatic heterocycles. The van der Waals surface area contributed by atoms with Gasteiger partial charge in [-0.2, -0.15) is 5.26 Å². The van der Waals surface area contributed by atoms with Gasteiger partial charge in [-0.3, -0.25) is 4.57 Å². The van der Waals surface area contributed by atoms with Crippen LogP contribution in [0.4, 0.5) is 0 Å². The van der Waals surface area contributed by atoms with E-state index in [2.05, 4.69) is 112 Å². The van der Waals surface area contributed by atoms with E-state index in [-0.39, 0.29) is 0 Å². The van der Waals surface area contributed by atoms with Crippen LogP contribution < -0.4 is 0 Å². The van der Waals surface area contributed by atoms with Crippen LogP contribution in [0.15, 0.2) is 358 Å². The van der Waals surface area contributed by atoms with Crippen LogP contribution in [0.5, 0.6) is 0 Å². The van der Waals surface area contributed by atoms with E-state index in [0.29, 0.717) is 86.4 Å². The van der Waals surface area contributed by atoms with E-state index in [9.17, 15) is 5.26 Å². The van der Waals surface area contributed by atoms with Gasteiger partial charge >= 0.3 is 0 Å². The van der Waals surface area contributed by atoms with E-state index in [0.717, 1.165) is 122 Å². The van der Waals surface area contributed by atoms with Crippen molar-refractivity contribution in [2.24, 2.45) is 0 Å². The second kappa shape index (κ2) is 28.2. The molecule has 0 spiro atoms. The molecular formula is C97H59N15. The summed E-state index contributed by atoms with van der Waals surface area (Å²) in [5.41, 5.74) is 17.4. The molecule has 0 radical (unpaired) electrons. The first kappa shape index (κ1) is 65.7. The molecule has 0 bridgehead atoms. The van der Waals surface area contributed by atoms with Crippen molar-refractivity contribution in [2.45, 2.75) is 0 Å². The number of aromatic nitrogens is 14. The zero-order chi connectivity index (χ0) is 74.4. The molecule has 13 aromatic carbocycles. The summed E-state index contributed by atoms with van der Waals surface area (Å²) < 4.78 is 4.45. The maximum absolute atomic E-state index is 11.4. The first-order valence-corrected chi connectivity index (χ1v) is 36.7. The summed E-state index contributed by atoms with van der Waals surface area (Å²) in [6.07, 6.45) is 1.94. The largest absolute Gasteiger partial charge is 0.307 e. The Morgan fingerprint density at radius 1 is 0.214 bits per heavy atom. The highest BCUT2D eigenvalue weighted by Crippen LogP contribution is 2.44. The lowest BCUT2D eigenvalue weighted by atomic mass is 9.99. The molecule has 0 saturated carbocycles. The van der Waals surface area contributed by atoms with Gasteiger partial charge in [0.2, 0.25) is 0 Å². The lowest BCUT2D eigenvalue weighted by Gasteiger charge is -2.18. The van der Waals surface area contributed by atoms with Crippen molar-refractivity contribution in [2.75, 3.05) is 0 Å². The molecule has 0 aliphatic rings. The SMILES string of the molecule is N#Cc1ccccc1-c1cc(-n2c3cc(-c4nc(-c5ccccc5)nc(-c5ccccc5)n4)ccc3c3ccc(-c4nc(-c5ccccc5)nc(-c5ccccc5)n4)cc32)ncc1-n1c2cc(-c3cc(-c4ccccc4)nc(-c4ccccc4)n3)ccc2c2ccc(-c3nc(-c4ccccc4)nc(-c4ccccc4)n3)cc21. The quantitative estimate of drug-likeness (QED) is 0.0944. The Morgan fingerprint density at radius 3 is 0.821 bits per heavy atom. The molecule has 0 atom stereocenters. The number of nitrogens with zero attached hydrogens (tertiary/aromatic N) is 15. The van der Waals surface area contributed by atoms with Gasteiger partial charge in [0.25, 0.3) is 0 Å². The third kappa shape index (κ3) is 12.3. The van der Waals surface area contributed by atoms with Crippen LogP contribution in [0, 0.1) is 11.3 Å². The van der Waals surface area contributed by atoms with Gasteiger partial charge in [0, 0.05) is 99.4 Å². The minimum absolute atomic E-state index is 0.460. The number of nitriles is 1. The number of rotatable bonds is 15. The van der Waals surface area contributed by atoms with Crippen molar-refractivity contribution in [1.29, 1.82) is 5.26 Å². The fourth-order valence-electron chi connectivity index (χ4n) is 14.8. The van der Waals surface area contributed by atoms with Crippen molar-refractivity contribution in [1.82, 2.24) is 68.9 Å². The van der Waals surface area contributed by atoms with E-state index in [1.54, 1.807) is 0 Å². The monoisotopic (exact) mass is 1430 g/mol. The van der Waals surface area contributed by atoms with Crippen molar-refractivity contribution in [3.63, 3.8) is 0 Å². The van der Waals surface area contributed by atoms with E-state index in [1.807, 2.05) is 261 Å². The molecule has 0 N–H and O–H groups in total. The summed E-state index contributed by atoms with van der Waals surface area (Å²) in [4.78, 5) is 63.0. The summed E-state index contributed by atoms with van der Waals surface area (Å²) >= 11 is 0. The Balaban J connectivity index is 0.858. The number of benzene rings is 13. The Morgan fingerprint density at radius 2 is 0.482 bits per heavy atom. The van der Waals surface area contributed by atoms with Gasteiger partial charge in [0.1, 0.15) is 5.82 Å². The van der Waals surface area contributed by atoms with Gasteiger partial charge < -0.3 is 4.57 Å². The smallest absolute Gasteiger partial charge is 0.164 e. The third-order valence-electron chi connectivity index (χ3n) is 20.2. The molecule has 0 fully saturated rings. The zero-order valence-electron chi connectivity index (χ0n) is 59.8. The molecule has 112 heavy (non-hydrogen) atoms. The number of hydrogen-bond acceptors (Lipinski definition) is 13. The lowest BCUT2D eigenvalue weighted by molar-refractivity contribution is 1.05. The molecule has 20 rings (SSSR count). The fraction of sp³-hybridized carbons (Fsp3) is 0. The predicted molar refractivity (Wildman–Crippen MR) is 444 cm³/mol. The summed E-state index contributed by atoms with van der Waals surface area (Å²) in [5.74, 6) is 5.80. The Hall–Kier alpha value is -15.8. The van der Waals surface area contributed by atoms with E-state index >= 15 is 0 Å². The molecule has 15 heteroatoms. The van der Waals surface area contributed by atoms with Crippen molar-refractivity contribution < 1.29 is 0 Å². The molecule has 0 unspecified atom stereocenters. The van der Waals surface area contributed by atoms with E-state index < -0.39 is 0 Å².